The normalized spacial score (nSPS) is 14.4. The van der Waals surface area contributed by atoms with E-state index in [9.17, 15) is 0 Å². The van der Waals surface area contributed by atoms with Crippen molar-refractivity contribution in [2.45, 2.75) is 6.42 Å². The van der Waals surface area contributed by atoms with Gasteiger partial charge in [0.15, 0.2) is 0 Å². The first-order valence-electron chi connectivity index (χ1n) is 4.19. The molecule has 1 aliphatic carbocycles. The van der Waals surface area contributed by atoms with Gasteiger partial charge in [-0.25, -0.2) is 0 Å². The van der Waals surface area contributed by atoms with Gasteiger partial charge in [-0.05, 0) is 22.1 Å². The molecule has 2 heterocycles. The second kappa shape index (κ2) is 6.22. The molecule has 0 aromatic carbocycles. The Hall–Kier alpha value is -2.27. The molecular formula is C8H10N6O. The molecule has 7 heteroatoms. The quantitative estimate of drug-likeness (QED) is 0.384. The van der Waals surface area contributed by atoms with E-state index in [1.165, 1.54) is 5.57 Å². The highest BCUT2D eigenvalue weighted by Crippen LogP contribution is 2.27. The van der Waals surface area contributed by atoms with Gasteiger partial charge in [0.1, 0.15) is 12.4 Å². The molecule has 7 nitrogen and oxygen atoms in total. The average Bonchev–Trinajstić information content (AvgIpc) is 3.01. The Labute approximate surface area is 85.9 Å². The van der Waals surface area contributed by atoms with Gasteiger partial charge < -0.3 is 4.74 Å². The summed E-state index contributed by atoms with van der Waals surface area (Å²) in [4.78, 5) is 1.75. The van der Waals surface area contributed by atoms with Crippen LogP contribution in [0.5, 0.6) is 0 Å². The van der Waals surface area contributed by atoms with Gasteiger partial charge >= 0.3 is 0 Å². The summed E-state index contributed by atoms with van der Waals surface area (Å²) >= 11 is 0. The largest absolute Gasteiger partial charge is 0.493 e. The number of hydrogen-bond donors (Lipinski definition) is 2. The number of rotatable bonds is 0. The van der Waals surface area contributed by atoms with Crippen LogP contribution in [0.25, 0.3) is 10.4 Å². The lowest BCUT2D eigenvalue weighted by atomic mass is 10.3. The fourth-order valence-electron chi connectivity index (χ4n) is 1.10. The van der Waals surface area contributed by atoms with Gasteiger partial charge in [0, 0.05) is 12.6 Å². The van der Waals surface area contributed by atoms with Crippen LogP contribution in [-0.4, -0.2) is 22.0 Å². The number of nitrogens with zero attached hydrogens (tertiary/aromatic N) is 4. The Morgan fingerprint density at radius 2 is 2.33 bits per heavy atom. The molecule has 0 unspecified atom stereocenters. The van der Waals surface area contributed by atoms with E-state index in [0.29, 0.717) is 0 Å². The van der Waals surface area contributed by atoms with Crippen LogP contribution >= 0.6 is 0 Å². The second-order valence-corrected chi connectivity index (χ2v) is 2.68. The molecule has 1 aromatic heterocycles. The molecule has 1 saturated heterocycles. The van der Waals surface area contributed by atoms with E-state index in [-0.39, 0.29) is 0 Å². The van der Waals surface area contributed by atoms with Crippen molar-refractivity contribution in [1.29, 1.82) is 5.53 Å². The fourth-order valence-corrected chi connectivity index (χ4v) is 1.10. The maximum Gasteiger partial charge on any atom is 0.110 e. The molecule has 15 heavy (non-hydrogen) atoms. The summed E-state index contributed by atoms with van der Waals surface area (Å²) in [6.07, 6.45) is 8.50. The lowest BCUT2D eigenvalue weighted by Crippen LogP contribution is -1.82. The first-order chi connectivity index (χ1) is 7.36. The minimum atomic E-state index is 0.853. The molecule has 1 fully saturated rings. The number of aromatic amines is 1. The molecule has 0 saturated carbocycles. The van der Waals surface area contributed by atoms with Crippen molar-refractivity contribution in [3.8, 4) is 0 Å². The van der Waals surface area contributed by atoms with Gasteiger partial charge in [-0.1, -0.05) is 11.3 Å². The highest BCUT2D eigenvalue weighted by molar-refractivity contribution is 5.31. The van der Waals surface area contributed by atoms with Crippen molar-refractivity contribution in [2.24, 2.45) is 0 Å². The number of fused-ring (bicyclic) bond motifs is 2. The third-order valence-electron chi connectivity index (χ3n) is 1.68. The molecule has 78 valence electrons. The summed E-state index contributed by atoms with van der Waals surface area (Å²) < 4.78 is 5.14. The van der Waals surface area contributed by atoms with Crippen LogP contribution < -0.4 is 0 Å². The van der Waals surface area contributed by atoms with Crippen molar-refractivity contribution >= 4 is 0 Å². The highest BCUT2D eigenvalue weighted by Gasteiger charge is 2.16. The lowest BCUT2D eigenvalue weighted by Gasteiger charge is -1.94. The molecule has 1 aromatic rings. The number of nitrogens with one attached hydrogen (secondary N) is 2. The minimum Gasteiger partial charge on any atom is -0.493 e. The van der Waals surface area contributed by atoms with Crippen LogP contribution in [-0.2, 0) is 4.74 Å². The summed E-state index contributed by atoms with van der Waals surface area (Å²) in [5, 5.41) is 9.26. The first kappa shape index (κ1) is 10.8. The van der Waals surface area contributed by atoms with Crippen molar-refractivity contribution in [3.63, 3.8) is 0 Å². The number of aromatic nitrogens is 3. The van der Waals surface area contributed by atoms with Gasteiger partial charge in [-0.3, -0.25) is 5.10 Å². The number of H-pyrrole nitrogens is 1. The predicted molar refractivity (Wildman–Crippen MR) is 52.6 cm³/mol. The smallest absolute Gasteiger partial charge is 0.110 e. The zero-order valence-electron chi connectivity index (χ0n) is 7.92. The Morgan fingerprint density at radius 3 is 2.47 bits per heavy atom. The Kier molecular flexibility index (Phi) is 4.49. The third-order valence-corrected chi connectivity index (χ3v) is 1.68. The standard InChI is InChI=1S/C6H6O.C2H3N3.HN3/c1-2-6-3-5(1)4-7-6;1-2-4-5-3-1;1-3-2/h1-2H,3-4H2;1-2H,(H,3,4,5);1H. The summed E-state index contributed by atoms with van der Waals surface area (Å²) in [6, 6.07) is 0. The van der Waals surface area contributed by atoms with Crippen molar-refractivity contribution in [2.75, 3.05) is 6.61 Å². The number of allylic oxidation sites excluding steroid dienone is 3. The van der Waals surface area contributed by atoms with Crippen molar-refractivity contribution < 1.29 is 4.74 Å². The molecule has 2 aliphatic rings. The van der Waals surface area contributed by atoms with Crippen LogP contribution in [0.2, 0.25) is 0 Å². The summed E-state index contributed by atoms with van der Waals surface area (Å²) in [7, 11) is 0. The molecule has 0 radical (unpaired) electrons. The Morgan fingerprint density at radius 1 is 1.53 bits per heavy atom. The molecular weight excluding hydrogens is 196 g/mol. The highest BCUT2D eigenvalue weighted by atomic mass is 16.5. The van der Waals surface area contributed by atoms with Crippen LogP contribution in [0.1, 0.15) is 6.42 Å². The van der Waals surface area contributed by atoms with Gasteiger partial charge in [0.05, 0.1) is 6.20 Å². The van der Waals surface area contributed by atoms with Gasteiger partial charge in [0.2, 0.25) is 0 Å². The lowest BCUT2D eigenvalue weighted by molar-refractivity contribution is 0.272. The summed E-state index contributed by atoms with van der Waals surface area (Å²) in [5.41, 5.74) is 13.7. The molecule has 1 aliphatic heterocycles. The summed E-state index contributed by atoms with van der Waals surface area (Å²) in [5.74, 6) is 1.15. The topological polar surface area (TPSA) is 111 Å². The van der Waals surface area contributed by atoms with Crippen LogP contribution in [0.4, 0.5) is 0 Å². The number of ether oxygens (including phenoxy) is 1. The van der Waals surface area contributed by atoms with Crippen LogP contribution in [0.15, 0.2) is 35.9 Å². The molecule has 2 N–H and O–H groups in total. The van der Waals surface area contributed by atoms with E-state index in [2.05, 4.69) is 21.5 Å². The first-order valence-corrected chi connectivity index (χ1v) is 4.19. The van der Waals surface area contributed by atoms with Crippen LogP contribution in [0, 0.1) is 5.53 Å². The van der Waals surface area contributed by atoms with Crippen LogP contribution in [0.3, 0.4) is 0 Å². The van der Waals surface area contributed by atoms with E-state index in [4.69, 9.17) is 15.8 Å². The maximum absolute atomic E-state index is 6.86. The Bertz CT molecular complexity index is 339. The molecule has 0 atom stereocenters. The van der Waals surface area contributed by atoms with E-state index >= 15 is 0 Å². The van der Waals surface area contributed by atoms with Crippen molar-refractivity contribution in [1.82, 2.24) is 15.4 Å². The van der Waals surface area contributed by atoms with Gasteiger partial charge in [-0.15, -0.1) is 10.6 Å². The zero-order valence-corrected chi connectivity index (χ0v) is 7.92. The third kappa shape index (κ3) is 3.97. The monoisotopic (exact) mass is 206 g/mol. The van der Waals surface area contributed by atoms with E-state index in [1.807, 2.05) is 6.08 Å². The average molecular weight is 206 g/mol. The SMILES string of the molecule is C1=C2COC(=C1)C2.[N-]=[N+]=N.c1c[nH]nn1. The molecule has 0 spiro atoms. The van der Waals surface area contributed by atoms with Gasteiger partial charge in [-0.2, -0.15) is 0 Å². The van der Waals surface area contributed by atoms with E-state index < -0.39 is 0 Å². The predicted octanol–water partition coefficient (Wildman–Crippen LogP) is 1.91. The molecule has 0 amide bonds. The maximum atomic E-state index is 6.86. The second-order valence-electron chi connectivity index (χ2n) is 2.68. The van der Waals surface area contributed by atoms with Gasteiger partial charge in [0.25, 0.3) is 0 Å². The van der Waals surface area contributed by atoms with Crippen molar-refractivity contribution in [3.05, 3.63) is 46.3 Å². The zero-order chi connectivity index (χ0) is 10.9. The molecule has 3 rings (SSSR count). The Balaban J connectivity index is 0.000000125. The summed E-state index contributed by atoms with van der Waals surface area (Å²) in [6.45, 7) is 0.853. The number of hydrogen-bond acceptors (Lipinski definition) is 4. The van der Waals surface area contributed by atoms with E-state index in [1.54, 1.807) is 17.3 Å². The van der Waals surface area contributed by atoms with E-state index in [0.717, 1.165) is 18.8 Å². The fraction of sp³-hybridized carbons (Fsp3) is 0.250. The minimum absolute atomic E-state index is 0.853. The molecule has 2 bridgehead atoms.